The standard InChI is InChI=1S/C17H20N2O3/c1-2-19-10-12(14-5-3-4-6-15(14)19)9-16(20)18-13-7-11(8-13)17(21)22/h3-6,10-11,13H,2,7-9H2,1H3,(H,18,20)(H,21,22). The molecular formula is C17H20N2O3. The van der Waals surface area contributed by atoms with E-state index in [0.717, 1.165) is 23.0 Å². The Hall–Kier alpha value is -2.30. The van der Waals surface area contributed by atoms with E-state index in [9.17, 15) is 9.59 Å². The maximum Gasteiger partial charge on any atom is 0.306 e. The molecule has 0 aliphatic heterocycles. The number of benzene rings is 1. The topological polar surface area (TPSA) is 71.3 Å². The molecule has 1 aromatic carbocycles. The van der Waals surface area contributed by atoms with E-state index < -0.39 is 5.97 Å². The summed E-state index contributed by atoms with van der Waals surface area (Å²) in [6.07, 6.45) is 3.45. The average Bonchev–Trinajstić information content (AvgIpc) is 2.80. The Morgan fingerprint density at radius 2 is 2.05 bits per heavy atom. The van der Waals surface area contributed by atoms with E-state index >= 15 is 0 Å². The number of carboxylic acids is 1. The maximum absolute atomic E-state index is 12.2. The van der Waals surface area contributed by atoms with Crippen LogP contribution in [0.3, 0.4) is 0 Å². The normalized spacial score (nSPS) is 20.6. The molecule has 5 nitrogen and oxygen atoms in total. The predicted octanol–water partition coefficient (Wildman–Crippen LogP) is 2.18. The Morgan fingerprint density at radius 3 is 2.73 bits per heavy atom. The molecule has 3 rings (SSSR count). The maximum atomic E-state index is 12.2. The molecule has 0 saturated heterocycles. The fraction of sp³-hybridized carbons (Fsp3) is 0.412. The molecule has 2 N–H and O–H groups in total. The van der Waals surface area contributed by atoms with Gasteiger partial charge in [0.1, 0.15) is 0 Å². The van der Waals surface area contributed by atoms with Crippen molar-refractivity contribution in [3.8, 4) is 0 Å². The Labute approximate surface area is 128 Å². The lowest BCUT2D eigenvalue weighted by Crippen LogP contribution is -2.47. The number of carbonyl (C=O) groups excluding carboxylic acids is 1. The van der Waals surface area contributed by atoms with Gasteiger partial charge >= 0.3 is 5.97 Å². The van der Waals surface area contributed by atoms with Gasteiger partial charge in [-0.2, -0.15) is 0 Å². The van der Waals surface area contributed by atoms with Crippen LogP contribution in [0.25, 0.3) is 10.9 Å². The highest BCUT2D eigenvalue weighted by Crippen LogP contribution is 2.28. The smallest absolute Gasteiger partial charge is 0.306 e. The SMILES string of the molecule is CCn1cc(CC(=O)NC2CC(C(=O)O)C2)c2ccccc21. The number of rotatable bonds is 5. The van der Waals surface area contributed by atoms with Crippen LogP contribution >= 0.6 is 0 Å². The molecule has 1 aliphatic carbocycles. The molecule has 0 spiro atoms. The van der Waals surface area contributed by atoms with Crippen LogP contribution in [0.15, 0.2) is 30.5 Å². The van der Waals surface area contributed by atoms with Gasteiger partial charge < -0.3 is 15.0 Å². The summed E-state index contributed by atoms with van der Waals surface area (Å²) in [5.74, 6) is -1.10. The molecule has 0 unspecified atom stereocenters. The second-order valence-corrected chi connectivity index (χ2v) is 5.91. The largest absolute Gasteiger partial charge is 0.481 e. The van der Waals surface area contributed by atoms with Gasteiger partial charge in [-0.1, -0.05) is 18.2 Å². The summed E-state index contributed by atoms with van der Waals surface area (Å²) in [5.41, 5.74) is 2.16. The van der Waals surface area contributed by atoms with Crippen molar-refractivity contribution in [1.82, 2.24) is 9.88 Å². The van der Waals surface area contributed by atoms with Gasteiger partial charge in [-0.05, 0) is 31.4 Å². The molecule has 5 heteroatoms. The number of amides is 1. The van der Waals surface area contributed by atoms with Crippen LogP contribution in [0.4, 0.5) is 0 Å². The molecule has 1 saturated carbocycles. The molecule has 2 aromatic rings. The van der Waals surface area contributed by atoms with E-state index in [0.29, 0.717) is 19.3 Å². The molecule has 22 heavy (non-hydrogen) atoms. The monoisotopic (exact) mass is 300 g/mol. The summed E-state index contributed by atoms with van der Waals surface area (Å²) in [7, 11) is 0. The molecule has 0 radical (unpaired) electrons. The zero-order chi connectivity index (χ0) is 15.7. The van der Waals surface area contributed by atoms with Gasteiger partial charge in [0.25, 0.3) is 0 Å². The molecular weight excluding hydrogens is 280 g/mol. The Balaban J connectivity index is 1.66. The average molecular weight is 300 g/mol. The fourth-order valence-electron chi connectivity index (χ4n) is 3.11. The van der Waals surface area contributed by atoms with Gasteiger partial charge in [0, 0.05) is 29.7 Å². The van der Waals surface area contributed by atoms with Gasteiger partial charge in [-0.25, -0.2) is 0 Å². The summed E-state index contributed by atoms with van der Waals surface area (Å²) in [6.45, 7) is 2.95. The van der Waals surface area contributed by atoms with Crippen molar-refractivity contribution in [2.24, 2.45) is 5.92 Å². The number of hydrogen-bond donors (Lipinski definition) is 2. The first kappa shape index (κ1) is 14.6. The number of carbonyl (C=O) groups is 2. The molecule has 1 heterocycles. The van der Waals surface area contributed by atoms with E-state index in [1.807, 2.05) is 24.4 Å². The number of hydrogen-bond acceptors (Lipinski definition) is 2. The predicted molar refractivity (Wildman–Crippen MR) is 83.6 cm³/mol. The van der Waals surface area contributed by atoms with E-state index in [1.165, 1.54) is 0 Å². The zero-order valence-electron chi connectivity index (χ0n) is 12.6. The summed E-state index contributed by atoms with van der Waals surface area (Å²) in [6, 6.07) is 8.08. The van der Waals surface area contributed by atoms with E-state index in [2.05, 4.69) is 22.9 Å². The number of aliphatic carboxylic acids is 1. The molecule has 1 amide bonds. The summed E-state index contributed by atoms with van der Waals surface area (Å²) < 4.78 is 2.14. The zero-order valence-corrected chi connectivity index (χ0v) is 12.6. The highest BCUT2D eigenvalue weighted by atomic mass is 16.4. The Kier molecular flexibility index (Phi) is 3.88. The van der Waals surface area contributed by atoms with Crippen molar-refractivity contribution in [1.29, 1.82) is 0 Å². The minimum atomic E-state index is -0.767. The van der Waals surface area contributed by atoms with Crippen molar-refractivity contribution in [2.75, 3.05) is 0 Å². The van der Waals surface area contributed by atoms with E-state index in [1.54, 1.807) is 0 Å². The quantitative estimate of drug-likeness (QED) is 0.889. The Morgan fingerprint density at radius 1 is 1.32 bits per heavy atom. The lowest BCUT2D eigenvalue weighted by Gasteiger charge is -2.32. The van der Waals surface area contributed by atoms with Crippen molar-refractivity contribution in [3.63, 3.8) is 0 Å². The summed E-state index contributed by atoms with van der Waals surface area (Å²) in [5, 5.41) is 12.9. The van der Waals surface area contributed by atoms with Crippen molar-refractivity contribution < 1.29 is 14.7 Å². The molecule has 1 aromatic heterocycles. The number of aromatic nitrogens is 1. The molecule has 116 valence electrons. The number of carboxylic acid groups (broad SMARTS) is 1. The molecule has 1 fully saturated rings. The third-order valence-corrected chi connectivity index (χ3v) is 4.42. The van der Waals surface area contributed by atoms with Crippen LogP contribution in [0.1, 0.15) is 25.3 Å². The lowest BCUT2D eigenvalue weighted by molar-refractivity contribution is -0.146. The number of para-hydroxylation sites is 1. The van der Waals surface area contributed by atoms with E-state index in [-0.39, 0.29) is 17.9 Å². The minimum Gasteiger partial charge on any atom is -0.481 e. The van der Waals surface area contributed by atoms with Gasteiger partial charge in [0.05, 0.1) is 12.3 Å². The first-order chi connectivity index (χ1) is 10.6. The Bertz CT molecular complexity index is 714. The highest BCUT2D eigenvalue weighted by molar-refractivity contribution is 5.89. The molecule has 0 atom stereocenters. The van der Waals surface area contributed by atoms with Gasteiger partial charge in [-0.3, -0.25) is 9.59 Å². The summed E-state index contributed by atoms with van der Waals surface area (Å²) >= 11 is 0. The summed E-state index contributed by atoms with van der Waals surface area (Å²) in [4.78, 5) is 22.9. The van der Waals surface area contributed by atoms with Crippen LogP contribution in [-0.4, -0.2) is 27.6 Å². The number of aryl methyl sites for hydroxylation is 1. The van der Waals surface area contributed by atoms with Gasteiger partial charge in [0.2, 0.25) is 5.91 Å². The highest BCUT2D eigenvalue weighted by Gasteiger charge is 2.35. The van der Waals surface area contributed by atoms with E-state index in [4.69, 9.17) is 5.11 Å². The number of fused-ring (bicyclic) bond motifs is 1. The molecule has 1 aliphatic rings. The third kappa shape index (κ3) is 2.71. The van der Waals surface area contributed by atoms with Crippen LogP contribution in [0, 0.1) is 5.92 Å². The first-order valence-electron chi connectivity index (χ1n) is 7.67. The number of nitrogens with zero attached hydrogens (tertiary/aromatic N) is 1. The second kappa shape index (κ2) is 5.83. The van der Waals surface area contributed by atoms with Crippen molar-refractivity contribution in [2.45, 2.75) is 38.8 Å². The lowest BCUT2D eigenvalue weighted by atomic mass is 9.80. The second-order valence-electron chi connectivity index (χ2n) is 5.91. The van der Waals surface area contributed by atoms with Gasteiger partial charge in [0.15, 0.2) is 0 Å². The first-order valence-corrected chi connectivity index (χ1v) is 7.67. The van der Waals surface area contributed by atoms with Crippen LogP contribution in [0.2, 0.25) is 0 Å². The number of nitrogens with one attached hydrogen (secondary N) is 1. The molecule has 0 bridgehead atoms. The van der Waals surface area contributed by atoms with Crippen LogP contribution in [0.5, 0.6) is 0 Å². The van der Waals surface area contributed by atoms with Crippen molar-refractivity contribution >= 4 is 22.8 Å². The van der Waals surface area contributed by atoms with Gasteiger partial charge in [-0.15, -0.1) is 0 Å². The fourth-order valence-corrected chi connectivity index (χ4v) is 3.11. The van der Waals surface area contributed by atoms with Crippen molar-refractivity contribution in [3.05, 3.63) is 36.0 Å². The van der Waals surface area contributed by atoms with Crippen LogP contribution < -0.4 is 5.32 Å². The third-order valence-electron chi connectivity index (χ3n) is 4.42. The van der Waals surface area contributed by atoms with Crippen LogP contribution in [-0.2, 0) is 22.6 Å². The minimum absolute atomic E-state index is 0.00752.